The molecule has 1 aromatic rings. The fourth-order valence-electron chi connectivity index (χ4n) is 0.618. The van der Waals surface area contributed by atoms with Crippen LogP contribution in [0.1, 0.15) is 5.56 Å². The zero-order chi connectivity index (χ0) is 10.3. The van der Waals surface area contributed by atoms with Crippen molar-refractivity contribution in [2.75, 3.05) is 0 Å². The minimum Gasteiger partial charge on any atom is -0.384 e. The van der Waals surface area contributed by atoms with Gasteiger partial charge in [0.25, 0.3) is 0 Å². The number of nitrogens with one attached hydrogen (secondary N) is 1. The van der Waals surface area contributed by atoms with Crippen LogP contribution in [-0.4, -0.2) is 10.9 Å². The first-order chi connectivity index (χ1) is 6.04. The van der Waals surface area contributed by atoms with Crippen LogP contribution in [0, 0.1) is 5.41 Å². The monoisotopic (exact) mass is 196 g/mol. The van der Waals surface area contributed by atoms with E-state index in [4.69, 9.17) is 11.1 Å². The van der Waals surface area contributed by atoms with E-state index in [1.807, 2.05) is 30.3 Å². The van der Waals surface area contributed by atoms with E-state index in [9.17, 15) is 0 Å². The van der Waals surface area contributed by atoms with Gasteiger partial charge in [-0.25, -0.2) is 0 Å². The van der Waals surface area contributed by atoms with Gasteiger partial charge in [-0.3, -0.25) is 5.41 Å². The Morgan fingerprint density at radius 2 is 1.46 bits per heavy atom. The molecule has 4 nitrogen and oxygen atoms in total. The maximum Gasteiger partial charge on any atom is 0.160 e. The molecule has 7 N–H and O–H groups in total. The summed E-state index contributed by atoms with van der Waals surface area (Å²) < 4.78 is 0. The second kappa shape index (κ2) is 5.96. The van der Waals surface area contributed by atoms with E-state index in [2.05, 4.69) is 23.7 Å². The zero-order valence-corrected chi connectivity index (χ0v) is 7.84. The molecule has 0 bridgehead atoms. The Balaban J connectivity index is 0.000000310. The maximum absolute atomic E-state index is 7.01. The summed E-state index contributed by atoms with van der Waals surface area (Å²) in [6.45, 7) is 0. The van der Waals surface area contributed by atoms with Crippen molar-refractivity contribution in [3.8, 4) is 0 Å². The number of thiocarbonyl (C=S) groups is 1. The van der Waals surface area contributed by atoms with Crippen LogP contribution in [0.5, 0.6) is 0 Å². The van der Waals surface area contributed by atoms with Crippen molar-refractivity contribution < 1.29 is 0 Å². The van der Waals surface area contributed by atoms with Gasteiger partial charge in [0.15, 0.2) is 5.11 Å². The van der Waals surface area contributed by atoms with Gasteiger partial charge >= 0.3 is 0 Å². The highest BCUT2D eigenvalue weighted by molar-refractivity contribution is 7.80. The van der Waals surface area contributed by atoms with Gasteiger partial charge in [0, 0.05) is 5.56 Å². The third-order valence-corrected chi connectivity index (χ3v) is 1.08. The molecule has 70 valence electrons. The van der Waals surface area contributed by atoms with Crippen molar-refractivity contribution in [3.05, 3.63) is 35.9 Å². The zero-order valence-electron chi connectivity index (χ0n) is 7.03. The van der Waals surface area contributed by atoms with Crippen LogP contribution in [0.2, 0.25) is 0 Å². The minimum absolute atomic E-state index is 0.000000000000000222. The van der Waals surface area contributed by atoms with E-state index in [-0.39, 0.29) is 10.9 Å². The Morgan fingerprint density at radius 1 is 1.08 bits per heavy atom. The average molecular weight is 196 g/mol. The predicted molar refractivity (Wildman–Crippen MR) is 58.4 cm³/mol. The molecule has 0 heterocycles. The standard InChI is InChI=1S/C7H8N2.CH4N2S/c8-7(9)6-4-2-1-3-5-6;2-1(3)4/h1-5H,(H3,8,9);(H4,2,3,4). The lowest BCUT2D eigenvalue weighted by Crippen LogP contribution is -2.18. The summed E-state index contributed by atoms with van der Waals surface area (Å²) in [4.78, 5) is 0. The molecule has 0 spiro atoms. The molecular weight excluding hydrogens is 184 g/mol. The Bertz CT molecular complexity index is 279. The van der Waals surface area contributed by atoms with Gasteiger partial charge in [-0.15, -0.1) is 0 Å². The van der Waals surface area contributed by atoms with Gasteiger partial charge in [0.05, 0.1) is 0 Å². The Hall–Kier alpha value is -1.62. The summed E-state index contributed by atoms with van der Waals surface area (Å²) in [5, 5.41) is 7.01. The highest BCUT2D eigenvalue weighted by Crippen LogP contribution is 1.94. The third-order valence-electron chi connectivity index (χ3n) is 1.08. The molecular formula is C8H12N4S. The van der Waals surface area contributed by atoms with E-state index in [1.54, 1.807) is 0 Å². The largest absolute Gasteiger partial charge is 0.384 e. The first-order valence-electron chi connectivity index (χ1n) is 3.48. The molecule has 0 aromatic heterocycles. The number of amidine groups is 1. The summed E-state index contributed by atoms with van der Waals surface area (Å²) >= 11 is 4.09. The first kappa shape index (κ1) is 11.4. The third kappa shape index (κ3) is 6.77. The lowest BCUT2D eigenvalue weighted by Gasteiger charge is -1.93. The maximum atomic E-state index is 7.01. The summed E-state index contributed by atoms with van der Waals surface area (Å²) in [6.07, 6.45) is 0. The van der Waals surface area contributed by atoms with Crippen molar-refractivity contribution >= 4 is 23.2 Å². The number of rotatable bonds is 1. The predicted octanol–water partition coefficient (Wildman–Crippen LogP) is 0.159. The lowest BCUT2D eigenvalue weighted by molar-refractivity contribution is 1.42. The molecule has 5 heteroatoms. The van der Waals surface area contributed by atoms with E-state index < -0.39 is 0 Å². The number of hydrogen-bond acceptors (Lipinski definition) is 2. The smallest absolute Gasteiger partial charge is 0.160 e. The quantitative estimate of drug-likeness (QED) is 0.292. The average Bonchev–Trinajstić information content (AvgIpc) is 2.05. The van der Waals surface area contributed by atoms with Crippen LogP contribution < -0.4 is 17.2 Å². The highest BCUT2D eigenvalue weighted by Gasteiger charge is 1.89. The van der Waals surface area contributed by atoms with E-state index >= 15 is 0 Å². The molecule has 0 aliphatic rings. The Morgan fingerprint density at radius 3 is 1.69 bits per heavy atom. The van der Waals surface area contributed by atoms with E-state index in [1.165, 1.54) is 0 Å². The number of benzene rings is 1. The SMILES string of the molecule is N=C(N)c1ccccc1.NC(N)=S. The second-order valence-electron chi connectivity index (χ2n) is 2.18. The van der Waals surface area contributed by atoms with E-state index in [0.717, 1.165) is 5.56 Å². The number of hydrogen-bond donors (Lipinski definition) is 4. The van der Waals surface area contributed by atoms with Gasteiger partial charge in [-0.2, -0.15) is 0 Å². The van der Waals surface area contributed by atoms with Gasteiger partial charge in [0.1, 0.15) is 5.84 Å². The number of nitrogens with two attached hydrogens (primary N) is 3. The highest BCUT2D eigenvalue weighted by atomic mass is 32.1. The molecule has 0 saturated carbocycles. The normalized spacial score (nSPS) is 8.00. The van der Waals surface area contributed by atoms with Crippen LogP contribution in [0.15, 0.2) is 30.3 Å². The number of nitrogen functional groups attached to an aromatic ring is 1. The van der Waals surface area contributed by atoms with Crippen molar-refractivity contribution in [1.82, 2.24) is 0 Å². The summed E-state index contributed by atoms with van der Waals surface area (Å²) in [6, 6.07) is 9.23. The van der Waals surface area contributed by atoms with Crippen LogP contribution in [-0.2, 0) is 0 Å². The van der Waals surface area contributed by atoms with Crippen LogP contribution in [0.25, 0.3) is 0 Å². The summed E-state index contributed by atoms with van der Waals surface area (Å²) in [7, 11) is 0. The Labute approximate surface area is 82.2 Å². The molecule has 1 rings (SSSR count). The molecule has 0 amide bonds. The minimum atomic E-state index is 0.000000000000000222. The van der Waals surface area contributed by atoms with Crippen molar-refractivity contribution in [2.45, 2.75) is 0 Å². The summed E-state index contributed by atoms with van der Waals surface area (Å²) in [5.41, 5.74) is 15.2. The van der Waals surface area contributed by atoms with Gasteiger partial charge in [-0.1, -0.05) is 30.3 Å². The lowest BCUT2D eigenvalue weighted by atomic mass is 10.2. The van der Waals surface area contributed by atoms with Crippen LogP contribution >= 0.6 is 12.2 Å². The molecule has 0 unspecified atom stereocenters. The second-order valence-corrected chi connectivity index (χ2v) is 2.65. The summed E-state index contributed by atoms with van der Waals surface area (Å²) in [5.74, 6) is 0.121. The fraction of sp³-hybridized carbons (Fsp3) is 0. The molecule has 0 atom stereocenters. The first-order valence-corrected chi connectivity index (χ1v) is 3.89. The fourth-order valence-corrected chi connectivity index (χ4v) is 0.618. The molecule has 1 aromatic carbocycles. The van der Waals surface area contributed by atoms with Crippen LogP contribution in [0.4, 0.5) is 0 Å². The topological polar surface area (TPSA) is 102 Å². The van der Waals surface area contributed by atoms with Gasteiger partial charge < -0.3 is 17.2 Å². The molecule has 0 aliphatic heterocycles. The Kier molecular flexibility index (Phi) is 5.22. The van der Waals surface area contributed by atoms with Crippen molar-refractivity contribution in [1.29, 1.82) is 5.41 Å². The molecule has 0 saturated heterocycles. The molecule has 0 radical (unpaired) electrons. The molecule has 0 fully saturated rings. The van der Waals surface area contributed by atoms with E-state index in [0.29, 0.717) is 0 Å². The van der Waals surface area contributed by atoms with Crippen LogP contribution in [0.3, 0.4) is 0 Å². The van der Waals surface area contributed by atoms with Gasteiger partial charge in [-0.05, 0) is 12.2 Å². The van der Waals surface area contributed by atoms with Crippen molar-refractivity contribution in [3.63, 3.8) is 0 Å². The molecule has 0 aliphatic carbocycles. The van der Waals surface area contributed by atoms with Gasteiger partial charge in [0.2, 0.25) is 0 Å². The van der Waals surface area contributed by atoms with Crippen molar-refractivity contribution in [2.24, 2.45) is 17.2 Å². The molecule has 13 heavy (non-hydrogen) atoms.